The van der Waals surface area contributed by atoms with Gasteiger partial charge in [-0.15, -0.1) is 23.4 Å². The van der Waals surface area contributed by atoms with Crippen molar-refractivity contribution in [1.82, 2.24) is 0 Å². The van der Waals surface area contributed by atoms with Crippen molar-refractivity contribution in [2.24, 2.45) is 0 Å². The molecule has 0 bridgehead atoms. The lowest BCUT2D eigenvalue weighted by Gasteiger charge is -2.04. The molecule has 0 radical (unpaired) electrons. The number of aryl methyl sites for hydroxylation is 1. The fourth-order valence-corrected chi connectivity index (χ4v) is 2.08. The summed E-state index contributed by atoms with van der Waals surface area (Å²) < 4.78 is 0. The van der Waals surface area contributed by atoms with Crippen LogP contribution in [0.5, 0.6) is 0 Å². The molecule has 0 aliphatic heterocycles. The Morgan fingerprint density at radius 3 is 2.77 bits per heavy atom. The van der Waals surface area contributed by atoms with Crippen molar-refractivity contribution in [1.29, 1.82) is 0 Å². The summed E-state index contributed by atoms with van der Waals surface area (Å²) in [6.07, 6.45) is 0. The first-order valence-electron chi connectivity index (χ1n) is 4.15. The van der Waals surface area contributed by atoms with Gasteiger partial charge in [-0.2, -0.15) is 0 Å². The molecule has 0 saturated carbocycles. The standard InChI is InChI=1S/C11H13ClS/c1-9(7-12)8-13-11-6-4-3-5-10(11)2/h3-6H,1,7-8H2,2H3. The molecule has 0 atom stereocenters. The third-order valence-electron chi connectivity index (χ3n) is 1.71. The lowest BCUT2D eigenvalue weighted by Crippen LogP contribution is -1.87. The first-order chi connectivity index (χ1) is 6.24. The van der Waals surface area contributed by atoms with Crippen LogP contribution in [-0.2, 0) is 0 Å². The number of halogens is 1. The van der Waals surface area contributed by atoms with Gasteiger partial charge < -0.3 is 0 Å². The van der Waals surface area contributed by atoms with Gasteiger partial charge >= 0.3 is 0 Å². The molecule has 0 spiro atoms. The molecule has 0 N–H and O–H groups in total. The van der Waals surface area contributed by atoms with Crippen molar-refractivity contribution < 1.29 is 0 Å². The Hall–Kier alpha value is -0.400. The van der Waals surface area contributed by atoms with Crippen molar-refractivity contribution >= 4 is 23.4 Å². The SMILES string of the molecule is C=C(CCl)CSc1ccccc1C. The van der Waals surface area contributed by atoms with Gasteiger partial charge in [-0.25, -0.2) is 0 Å². The van der Waals surface area contributed by atoms with Gasteiger partial charge in [0, 0.05) is 16.5 Å². The van der Waals surface area contributed by atoms with Crippen LogP contribution in [0.15, 0.2) is 41.3 Å². The van der Waals surface area contributed by atoms with E-state index in [0.717, 1.165) is 11.3 Å². The van der Waals surface area contributed by atoms with Crippen molar-refractivity contribution in [3.8, 4) is 0 Å². The quantitative estimate of drug-likeness (QED) is 0.415. The molecule has 1 rings (SSSR count). The van der Waals surface area contributed by atoms with E-state index < -0.39 is 0 Å². The van der Waals surface area contributed by atoms with E-state index in [1.54, 1.807) is 11.8 Å². The predicted molar refractivity (Wildman–Crippen MR) is 61.8 cm³/mol. The smallest absolute Gasteiger partial charge is 0.0439 e. The number of rotatable bonds is 4. The topological polar surface area (TPSA) is 0 Å². The third kappa shape index (κ3) is 3.45. The van der Waals surface area contributed by atoms with Crippen LogP contribution in [0, 0.1) is 6.92 Å². The van der Waals surface area contributed by atoms with Crippen molar-refractivity contribution in [3.05, 3.63) is 42.0 Å². The van der Waals surface area contributed by atoms with Crippen LogP contribution in [-0.4, -0.2) is 11.6 Å². The summed E-state index contributed by atoms with van der Waals surface area (Å²) in [5.74, 6) is 1.47. The first-order valence-corrected chi connectivity index (χ1v) is 5.67. The summed E-state index contributed by atoms with van der Waals surface area (Å²) in [7, 11) is 0. The van der Waals surface area contributed by atoms with E-state index >= 15 is 0 Å². The summed E-state index contributed by atoms with van der Waals surface area (Å²) in [6, 6.07) is 8.35. The Kier molecular flexibility index (Phi) is 4.40. The van der Waals surface area contributed by atoms with Gasteiger partial charge in [-0.3, -0.25) is 0 Å². The molecule has 0 aromatic heterocycles. The minimum Gasteiger partial charge on any atom is -0.122 e. The number of alkyl halides is 1. The molecule has 0 amide bonds. The average molecular weight is 213 g/mol. The number of hydrogen-bond donors (Lipinski definition) is 0. The van der Waals surface area contributed by atoms with E-state index in [4.69, 9.17) is 11.6 Å². The summed E-state index contributed by atoms with van der Waals surface area (Å²) in [5, 5.41) is 0. The van der Waals surface area contributed by atoms with E-state index in [9.17, 15) is 0 Å². The lowest BCUT2D eigenvalue weighted by molar-refractivity contribution is 1.30. The Labute approximate surface area is 89.0 Å². The highest BCUT2D eigenvalue weighted by molar-refractivity contribution is 7.99. The normalized spacial score (nSPS) is 10.0. The van der Waals surface area contributed by atoms with Gasteiger partial charge in [0.15, 0.2) is 0 Å². The molecule has 0 aliphatic carbocycles. The van der Waals surface area contributed by atoms with Crippen LogP contribution in [0.1, 0.15) is 5.56 Å². The van der Waals surface area contributed by atoms with E-state index in [2.05, 4.69) is 37.8 Å². The first kappa shape index (κ1) is 10.7. The molecule has 1 aromatic carbocycles. The van der Waals surface area contributed by atoms with Crippen LogP contribution in [0.25, 0.3) is 0 Å². The van der Waals surface area contributed by atoms with Crippen LogP contribution in [0.4, 0.5) is 0 Å². The van der Waals surface area contributed by atoms with Gasteiger partial charge in [0.1, 0.15) is 0 Å². The monoisotopic (exact) mass is 212 g/mol. The second-order valence-electron chi connectivity index (χ2n) is 2.94. The van der Waals surface area contributed by atoms with Crippen LogP contribution in [0.3, 0.4) is 0 Å². The molecule has 0 saturated heterocycles. The molecule has 13 heavy (non-hydrogen) atoms. The van der Waals surface area contributed by atoms with E-state index in [1.807, 2.05) is 0 Å². The zero-order valence-corrected chi connectivity index (χ0v) is 9.29. The van der Waals surface area contributed by atoms with Gasteiger partial charge in [-0.05, 0) is 18.6 Å². The second kappa shape index (κ2) is 5.36. The third-order valence-corrected chi connectivity index (χ3v) is 3.41. The Morgan fingerprint density at radius 1 is 1.46 bits per heavy atom. The van der Waals surface area contributed by atoms with Crippen LogP contribution in [0.2, 0.25) is 0 Å². The highest BCUT2D eigenvalue weighted by atomic mass is 35.5. The zero-order valence-electron chi connectivity index (χ0n) is 7.72. The Bertz CT molecular complexity index is 294. The maximum atomic E-state index is 5.65. The molecule has 0 unspecified atom stereocenters. The Morgan fingerprint density at radius 2 is 2.15 bits per heavy atom. The molecule has 0 fully saturated rings. The molecule has 1 aromatic rings. The van der Waals surface area contributed by atoms with Crippen molar-refractivity contribution in [2.45, 2.75) is 11.8 Å². The summed E-state index contributed by atoms with van der Waals surface area (Å²) in [5.41, 5.74) is 2.39. The molecule has 0 aliphatic rings. The summed E-state index contributed by atoms with van der Waals surface area (Å²) in [6.45, 7) is 5.98. The van der Waals surface area contributed by atoms with Crippen molar-refractivity contribution in [2.75, 3.05) is 11.6 Å². The predicted octanol–water partition coefficient (Wildman–Crippen LogP) is 3.88. The highest BCUT2D eigenvalue weighted by Gasteiger charge is 1.98. The summed E-state index contributed by atoms with van der Waals surface area (Å²) >= 11 is 7.44. The van der Waals surface area contributed by atoms with E-state index in [0.29, 0.717) is 5.88 Å². The van der Waals surface area contributed by atoms with E-state index in [-0.39, 0.29) is 0 Å². The molecule has 0 nitrogen and oxygen atoms in total. The largest absolute Gasteiger partial charge is 0.122 e. The van der Waals surface area contributed by atoms with Gasteiger partial charge in [-0.1, -0.05) is 30.4 Å². The van der Waals surface area contributed by atoms with Crippen LogP contribution >= 0.6 is 23.4 Å². The van der Waals surface area contributed by atoms with Gasteiger partial charge in [0.2, 0.25) is 0 Å². The molecule has 70 valence electrons. The van der Waals surface area contributed by atoms with Gasteiger partial charge in [0.25, 0.3) is 0 Å². The van der Waals surface area contributed by atoms with Gasteiger partial charge in [0.05, 0.1) is 0 Å². The Balaban J connectivity index is 2.54. The number of hydrogen-bond acceptors (Lipinski definition) is 1. The second-order valence-corrected chi connectivity index (χ2v) is 4.22. The highest BCUT2D eigenvalue weighted by Crippen LogP contribution is 2.23. The lowest BCUT2D eigenvalue weighted by atomic mass is 10.2. The number of thioether (sulfide) groups is 1. The zero-order chi connectivity index (χ0) is 9.68. The molecule has 0 heterocycles. The number of benzene rings is 1. The summed E-state index contributed by atoms with van der Waals surface area (Å²) in [4.78, 5) is 1.31. The average Bonchev–Trinajstić information content (AvgIpc) is 2.16. The maximum Gasteiger partial charge on any atom is 0.0439 e. The van der Waals surface area contributed by atoms with Crippen molar-refractivity contribution in [3.63, 3.8) is 0 Å². The van der Waals surface area contributed by atoms with E-state index in [1.165, 1.54) is 10.5 Å². The molecule has 2 heteroatoms. The minimum atomic E-state index is 0.554. The molecular formula is C11H13ClS. The minimum absolute atomic E-state index is 0.554. The fourth-order valence-electron chi connectivity index (χ4n) is 0.937. The maximum absolute atomic E-state index is 5.65. The van der Waals surface area contributed by atoms with Crippen LogP contribution < -0.4 is 0 Å². The molecular weight excluding hydrogens is 200 g/mol. The fraction of sp³-hybridized carbons (Fsp3) is 0.273.